The van der Waals surface area contributed by atoms with Crippen LogP contribution in [0.2, 0.25) is 0 Å². The molecule has 0 N–H and O–H groups in total. The molecule has 3 aromatic carbocycles. The number of para-hydroxylation sites is 1. The minimum atomic E-state index is -4.26. The van der Waals surface area contributed by atoms with Crippen molar-refractivity contribution in [1.82, 2.24) is 9.21 Å². The first-order valence-corrected chi connectivity index (χ1v) is 12.7. The topological polar surface area (TPSA) is 110 Å². The maximum Gasteiger partial charge on any atom is 0.414 e. The molecule has 1 unspecified atom stereocenters. The molecule has 1 heterocycles. The van der Waals surface area contributed by atoms with Crippen LogP contribution in [0, 0.1) is 10.1 Å². The van der Waals surface area contributed by atoms with E-state index in [-0.39, 0.29) is 13.2 Å². The lowest BCUT2D eigenvalue weighted by Crippen LogP contribution is -2.51. The molecule has 36 heavy (non-hydrogen) atoms. The summed E-state index contributed by atoms with van der Waals surface area (Å²) >= 11 is 0. The van der Waals surface area contributed by atoms with Crippen molar-refractivity contribution >= 4 is 21.8 Å². The van der Waals surface area contributed by atoms with Crippen LogP contribution in [0.25, 0.3) is 0 Å². The van der Waals surface area contributed by atoms with Gasteiger partial charge >= 0.3 is 6.09 Å². The Kier molecular flexibility index (Phi) is 7.35. The lowest BCUT2D eigenvalue weighted by molar-refractivity contribution is -0.387. The number of carbonyl (C=O) groups is 1. The van der Waals surface area contributed by atoms with E-state index in [0.717, 1.165) is 21.5 Å². The van der Waals surface area contributed by atoms with Gasteiger partial charge in [0.15, 0.2) is 4.90 Å². The van der Waals surface area contributed by atoms with Crippen molar-refractivity contribution in [3.8, 4) is 0 Å². The lowest BCUT2D eigenvalue weighted by atomic mass is 10.0. The number of nitro benzene ring substituents is 1. The van der Waals surface area contributed by atoms with E-state index in [0.29, 0.717) is 12.1 Å². The van der Waals surface area contributed by atoms with Crippen molar-refractivity contribution in [3.63, 3.8) is 0 Å². The first kappa shape index (κ1) is 24.9. The van der Waals surface area contributed by atoms with E-state index in [2.05, 4.69) is 0 Å². The van der Waals surface area contributed by atoms with Crippen LogP contribution in [0.4, 0.5) is 10.5 Å². The van der Waals surface area contributed by atoms with Gasteiger partial charge in [-0.3, -0.25) is 19.3 Å². The minimum absolute atomic E-state index is 0.0692. The number of carbonyl (C=O) groups excluding carboxylic acids is 1. The predicted octanol–water partition coefficient (Wildman–Crippen LogP) is 4.71. The van der Waals surface area contributed by atoms with Gasteiger partial charge in [0.1, 0.15) is 6.61 Å². The highest BCUT2D eigenvalue weighted by atomic mass is 32.2. The van der Waals surface area contributed by atoms with E-state index in [9.17, 15) is 23.3 Å². The zero-order chi connectivity index (χ0) is 25.7. The number of hydrogen-bond acceptors (Lipinski definition) is 6. The van der Waals surface area contributed by atoms with Crippen LogP contribution in [0.3, 0.4) is 0 Å². The van der Waals surface area contributed by atoms with Crippen LogP contribution in [0.5, 0.6) is 0 Å². The normalized spacial score (nSPS) is 15.8. The summed E-state index contributed by atoms with van der Waals surface area (Å²) in [5.41, 5.74) is 1.57. The Morgan fingerprint density at radius 3 is 2.19 bits per heavy atom. The van der Waals surface area contributed by atoms with Gasteiger partial charge in [0.05, 0.1) is 17.5 Å². The molecule has 1 aliphatic heterocycles. The number of ether oxygens (including phenoxy) is 1. The van der Waals surface area contributed by atoms with Crippen LogP contribution in [0.1, 0.15) is 18.1 Å². The highest BCUT2D eigenvalue weighted by Gasteiger charge is 2.38. The quantitative estimate of drug-likeness (QED) is 0.338. The van der Waals surface area contributed by atoms with E-state index in [1.165, 1.54) is 29.3 Å². The second-order valence-electron chi connectivity index (χ2n) is 8.32. The largest absolute Gasteiger partial charge is 0.444 e. The molecule has 0 aromatic heterocycles. The summed E-state index contributed by atoms with van der Waals surface area (Å²) in [6.45, 7) is 1.59. The molecule has 0 fully saturated rings. The zero-order valence-corrected chi connectivity index (χ0v) is 20.4. The number of nitrogens with zero attached hydrogens (tertiary/aromatic N) is 3. The summed E-state index contributed by atoms with van der Waals surface area (Å²) in [4.78, 5) is 25.0. The Morgan fingerprint density at radius 2 is 1.56 bits per heavy atom. The summed E-state index contributed by atoms with van der Waals surface area (Å²) in [6.07, 6.45) is 1.07. The Balaban J connectivity index is 1.66. The predicted molar refractivity (Wildman–Crippen MR) is 133 cm³/mol. The third-order valence-electron chi connectivity index (χ3n) is 5.83. The first-order valence-electron chi connectivity index (χ1n) is 11.2. The van der Waals surface area contributed by atoms with Gasteiger partial charge in [0.2, 0.25) is 0 Å². The molecule has 4 rings (SSSR count). The van der Waals surface area contributed by atoms with Crippen molar-refractivity contribution in [3.05, 3.63) is 118 Å². The number of hydrogen-bond donors (Lipinski definition) is 0. The summed E-state index contributed by atoms with van der Waals surface area (Å²) in [7, 11) is -4.26. The van der Waals surface area contributed by atoms with Gasteiger partial charge in [0, 0.05) is 18.0 Å². The fourth-order valence-electron chi connectivity index (χ4n) is 4.14. The fraction of sp³-hybridized carbons (Fsp3) is 0.192. The van der Waals surface area contributed by atoms with Crippen LogP contribution in [0.15, 0.2) is 102 Å². The molecule has 1 amide bonds. The van der Waals surface area contributed by atoms with Crippen molar-refractivity contribution in [2.45, 2.75) is 30.9 Å². The van der Waals surface area contributed by atoms with Gasteiger partial charge in [-0.2, -0.15) is 0 Å². The average molecular weight is 508 g/mol. The molecule has 186 valence electrons. The molecule has 0 radical (unpaired) electrons. The smallest absolute Gasteiger partial charge is 0.414 e. The maximum atomic E-state index is 13.5. The Morgan fingerprint density at radius 1 is 0.972 bits per heavy atom. The Labute approximate surface area is 209 Å². The maximum absolute atomic E-state index is 13.5. The number of rotatable bonds is 7. The number of amides is 1. The summed E-state index contributed by atoms with van der Waals surface area (Å²) < 4.78 is 33.6. The molecule has 10 heteroatoms. The number of allylic oxidation sites excluding steroid dienone is 1. The van der Waals surface area contributed by atoms with E-state index < -0.39 is 37.7 Å². The van der Waals surface area contributed by atoms with Crippen molar-refractivity contribution in [2.75, 3.05) is 6.54 Å². The van der Waals surface area contributed by atoms with Crippen molar-refractivity contribution in [2.24, 2.45) is 0 Å². The van der Waals surface area contributed by atoms with E-state index in [1.54, 1.807) is 6.92 Å². The van der Waals surface area contributed by atoms with Gasteiger partial charge in [-0.15, -0.1) is 0 Å². The van der Waals surface area contributed by atoms with Gasteiger partial charge < -0.3 is 4.74 Å². The van der Waals surface area contributed by atoms with Crippen LogP contribution in [-0.4, -0.2) is 41.2 Å². The third kappa shape index (κ3) is 5.38. The van der Waals surface area contributed by atoms with Gasteiger partial charge in [-0.05, 0) is 30.5 Å². The monoisotopic (exact) mass is 507 g/mol. The summed E-state index contributed by atoms with van der Waals surface area (Å²) in [5.74, 6) is 0. The average Bonchev–Trinajstić information content (AvgIpc) is 2.88. The molecule has 0 aliphatic carbocycles. The van der Waals surface area contributed by atoms with Crippen LogP contribution in [-0.2, 0) is 27.8 Å². The highest BCUT2D eigenvalue weighted by molar-refractivity contribution is 7.89. The molecular formula is C26H25N3O6S. The van der Waals surface area contributed by atoms with Crippen LogP contribution >= 0.6 is 0 Å². The molecule has 9 nitrogen and oxygen atoms in total. The first-order chi connectivity index (χ1) is 17.3. The van der Waals surface area contributed by atoms with E-state index >= 15 is 0 Å². The van der Waals surface area contributed by atoms with Gasteiger partial charge in [-0.1, -0.05) is 72.8 Å². The standard InChI is InChI=1S/C26H25N3O6S/c1-20-17-27(36(33,34)25-15-9-8-14-24(25)29(31)32)18-23(16-21-10-4-2-5-11-21)28(20)26(30)35-19-22-12-6-3-7-13-22/h2-15,17,23H,16,18-19H2,1H3. The Bertz CT molecular complexity index is 1380. The second kappa shape index (κ2) is 10.6. The molecule has 1 atom stereocenters. The second-order valence-corrected chi connectivity index (χ2v) is 10.2. The molecule has 0 bridgehead atoms. The molecule has 0 spiro atoms. The lowest BCUT2D eigenvalue weighted by Gasteiger charge is -2.39. The van der Waals surface area contributed by atoms with Gasteiger partial charge in [-0.25, -0.2) is 13.2 Å². The van der Waals surface area contributed by atoms with Gasteiger partial charge in [0.25, 0.3) is 15.7 Å². The van der Waals surface area contributed by atoms with Crippen LogP contribution < -0.4 is 0 Å². The third-order valence-corrected chi connectivity index (χ3v) is 7.60. The van der Waals surface area contributed by atoms with E-state index in [1.807, 2.05) is 60.7 Å². The zero-order valence-electron chi connectivity index (χ0n) is 19.6. The minimum Gasteiger partial charge on any atom is -0.444 e. The van der Waals surface area contributed by atoms with Crippen molar-refractivity contribution < 1.29 is 22.9 Å². The molecular weight excluding hydrogens is 482 g/mol. The highest BCUT2D eigenvalue weighted by Crippen LogP contribution is 2.31. The summed E-state index contributed by atoms with van der Waals surface area (Å²) in [5, 5.41) is 11.5. The fourth-order valence-corrected chi connectivity index (χ4v) is 5.71. The Hall–Kier alpha value is -4.18. The number of sulfonamides is 1. The SMILES string of the molecule is CC1=CN(S(=O)(=O)c2ccccc2[N+](=O)[O-])CC(Cc2ccccc2)N1C(=O)OCc1ccccc1. The molecule has 0 saturated carbocycles. The summed E-state index contributed by atoms with van der Waals surface area (Å²) in [6, 6.07) is 23.2. The molecule has 3 aromatic rings. The number of nitro groups is 1. The van der Waals surface area contributed by atoms with Crippen molar-refractivity contribution in [1.29, 1.82) is 0 Å². The molecule has 0 saturated heterocycles. The van der Waals surface area contributed by atoms with E-state index in [4.69, 9.17) is 4.74 Å². The molecule has 1 aliphatic rings. The number of benzene rings is 3.